The number of nitriles is 1. The number of nitrogens with one attached hydrogen (secondary N) is 5. The van der Waals surface area contributed by atoms with Crippen molar-refractivity contribution in [3.63, 3.8) is 0 Å². The fourth-order valence-electron chi connectivity index (χ4n) is 5.77. The number of carboxylic acid groups (broad SMARTS) is 1. The Morgan fingerprint density at radius 2 is 1.16 bits per heavy atom. The number of aromatic carboxylic acids is 1. The summed E-state index contributed by atoms with van der Waals surface area (Å²) in [7, 11) is 2.36. The van der Waals surface area contributed by atoms with Gasteiger partial charge in [0, 0.05) is 28.1 Å². The molecule has 5 aromatic carbocycles. The van der Waals surface area contributed by atoms with Crippen molar-refractivity contribution in [3.8, 4) is 29.1 Å². The summed E-state index contributed by atoms with van der Waals surface area (Å²) in [5.41, 5.74) is 1.44. The summed E-state index contributed by atoms with van der Waals surface area (Å²) < 4.78 is 10.3. The molecule has 0 bridgehead atoms. The molecule has 8 N–H and O–H groups in total. The predicted molar refractivity (Wildman–Crippen MR) is 224 cm³/mol. The molecule has 5 amide bonds. The largest absolute Gasteiger partial charge is 0.504 e. The number of phenols is 2. The lowest BCUT2D eigenvalue weighted by Gasteiger charge is -2.17. The van der Waals surface area contributed by atoms with E-state index in [-0.39, 0.29) is 57.6 Å². The maximum Gasteiger partial charge on any atom is 0.339 e. The van der Waals surface area contributed by atoms with E-state index in [9.17, 15) is 49.3 Å². The number of phenolic OH excluding ortho intramolecular Hbond substituents is 1. The van der Waals surface area contributed by atoms with E-state index < -0.39 is 52.7 Å². The first-order valence-corrected chi connectivity index (χ1v) is 18.1. The zero-order valence-electron chi connectivity index (χ0n) is 32.7. The second-order valence-corrected chi connectivity index (χ2v) is 13.0. The molecule has 0 saturated carbocycles. The van der Waals surface area contributed by atoms with E-state index in [1.54, 1.807) is 13.0 Å². The van der Waals surface area contributed by atoms with Gasteiger partial charge in [0.25, 0.3) is 23.6 Å². The lowest BCUT2D eigenvalue weighted by molar-refractivity contribution is -0.118. The van der Waals surface area contributed by atoms with Crippen LogP contribution in [-0.4, -0.2) is 71.1 Å². The van der Waals surface area contributed by atoms with Crippen molar-refractivity contribution in [2.45, 2.75) is 19.4 Å². The molecular formula is C44H38N6O11. The Morgan fingerprint density at radius 1 is 0.656 bits per heavy atom. The van der Waals surface area contributed by atoms with Crippen LogP contribution in [0.25, 0.3) is 6.08 Å². The van der Waals surface area contributed by atoms with Gasteiger partial charge in [-0.25, -0.2) is 4.79 Å². The Balaban J connectivity index is 1.18. The van der Waals surface area contributed by atoms with Crippen LogP contribution < -0.4 is 36.1 Å². The topological polar surface area (TPSA) is 266 Å². The number of hydrogen-bond donors (Lipinski definition) is 8. The third-order valence-corrected chi connectivity index (χ3v) is 8.92. The fourth-order valence-corrected chi connectivity index (χ4v) is 5.77. The number of aromatic hydroxyl groups is 2. The summed E-state index contributed by atoms with van der Waals surface area (Å²) in [5, 5.41) is 52.7. The molecule has 1 atom stereocenters. The summed E-state index contributed by atoms with van der Waals surface area (Å²) in [5.74, 6) is -6.60. The molecule has 0 spiro atoms. The number of amides is 5. The molecule has 0 radical (unpaired) electrons. The maximum absolute atomic E-state index is 13.2. The van der Waals surface area contributed by atoms with Gasteiger partial charge in [0.05, 0.1) is 43.6 Å². The lowest BCUT2D eigenvalue weighted by atomic mass is 10.1. The second kappa shape index (κ2) is 19.7. The SMILES string of the molecule is COc1c(NC(=O)c2ccc(NC(=O)c3ccc(NC(=O)C(CC#N)NC(=O)c4ccc(NC(=O)/C(C)=C/c5ccccc5)cc4)cc3)c(OC)c2O)ccc(C(=O)O)c1O. The first-order chi connectivity index (χ1) is 29.2. The van der Waals surface area contributed by atoms with Crippen LogP contribution in [0.5, 0.6) is 23.0 Å². The van der Waals surface area contributed by atoms with Gasteiger partial charge in [-0.3, -0.25) is 24.0 Å². The first kappa shape index (κ1) is 43.5. The summed E-state index contributed by atoms with van der Waals surface area (Å²) in [6.45, 7) is 1.68. The van der Waals surface area contributed by atoms with E-state index in [1.165, 1.54) is 73.8 Å². The molecule has 61 heavy (non-hydrogen) atoms. The molecule has 1 unspecified atom stereocenters. The molecule has 17 nitrogen and oxygen atoms in total. The molecule has 0 aliphatic carbocycles. The van der Waals surface area contributed by atoms with Crippen LogP contribution in [-0.2, 0) is 9.59 Å². The maximum atomic E-state index is 13.2. The molecule has 17 heteroatoms. The molecule has 0 aromatic heterocycles. The van der Waals surface area contributed by atoms with E-state index in [4.69, 9.17) is 9.47 Å². The van der Waals surface area contributed by atoms with Gasteiger partial charge in [0.2, 0.25) is 5.91 Å². The molecule has 5 aromatic rings. The highest BCUT2D eigenvalue weighted by Crippen LogP contribution is 2.40. The van der Waals surface area contributed by atoms with Gasteiger partial charge < -0.3 is 51.4 Å². The van der Waals surface area contributed by atoms with E-state index >= 15 is 0 Å². The molecule has 0 aliphatic heterocycles. The minimum absolute atomic E-state index is 0.0134. The van der Waals surface area contributed by atoms with Crippen molar-refractivity contribution in [1.29, 1.82) is 5.26 Å². The van der Waals surface area contributed by atoms with Gasteiger partial charge in [0.15, 0.2) is 23.0 Å². The van der Waals surface area contributed by atoms with Crippen molar-refractivity contribution < 1.29 is 53.6 Å². The number of nitrogens with zero attached hydrogens (tertiary/aromatic N) is 1. The van der Waals surface area contributed by atoms with Gasteiger partial charge in [0.1, 0.15) is 11.6 Å². The minimum Gasteiger partial charge on any atom is -0.504 e. The van der Waals surface area contributed by atoms with Gasteiger partial charge in [-0.05, 0) is 91.4 Å². The van der Waals surface area contributed by atoms with Crippen LogP contribution in [0.2, 0.25) is 0 Å². The molecule has 0 aliphatic rings. The number of carbonyl (C=O) groups is 6. The monoisotopic (exact) mass is 826 g/mol. The van der Waals surface area contributed by atoms with Gasteiger partial charge >= 0.3 is 5.97 Å². The van der Waals surface area contributed by atoms with Crippen LogP contribution in [0.15, 0.2) is 109 Å². The summed E-state index contributed by atoms with van der Waals surface area (Å²) in [6.07, 6.45) is 1.39. The number of hydrogen-bond acceptors (Lipinski definition) is 11. The zero-order chi connectivity index (χ0) is 44.2. The summed E-state index contributed by atoms with van der Waals surface area (Å²) in [4.78, 5) is 76.5. The van der Waals surface area contributed by atoms with Crippen molar-refractivity contribution in [2.75, 3.05) is 35.5 Å². The van der Waals surface area contributed by atoms with Crippen molar-refractivity contribution >= 4 is 64.3 Å². The predicted octanol–water partition coefficient (Wildman–Crippen LogP) is 6.01. The third kappa shape index (κ3) is 10.7. The van der Waals surface area contributed by atoms with E-state index in [0.717, 1.165) is 18.7 Å². The molecular weight excluding hydrogens is 789 g/mol. The van der Waals surface area contributed by atoms with Crippen LogP contribution >= 0.6 is 0 Å². The van der Waals surface area contributed by atoms with Crippen LogP contribution in [0, 0.1) is 11.3 Å². The Morgan fingerprint density at radius 3 is 1.70 bits per heavy atom. The second-order valence-electron chi connectivity index (χ2n) is 13.0. The quantitative estimate of drug-likeness (QED) is 0.0564. The van der Waals surface area contributed by atoms with E-state index in [0.29, 0.717) is 11.3 Å². The van der Waals surface area contributed by atoms with E-state index in [2.05, 4.69) is 26.6 Å². The zero-order valence-corrected chi connectivity index (χ0v) is 32.7. The highest BCUT2D eigenvalue weighted by atomic mass is 16.5. The third-order valence-electron chi connectivity index (χ3n) is 8.92. The van der Waals surface area contributed by atoms with Gasteiger partial charge in [-0.15, -0.1) is 0 Å². The normalized spacial score (nSPS) is 11.2. The number of methoxy groups -OCH3 is 2. The number of benzene rings is 5. The molecule has 0 fully saturated rings. The standard InChI is InChI=1S/C44H38N6O11/c1-24(23-25-7-5-4-6-8-25)39(53)46-28-13-9-27(10-14-28)41(55)50-34(21-22-45)43(57)47-29-15-11-26(12-16-29)40(54)48-32-19-17-30(35(51)37(32)60-2)42(56)49-33-20-18-31(44(58)59)36(52)38(33)61-3/h4-20,23,34,51-52H,21H2,1-3H3,(H,46,53)(H,47,57)(H,48,54)(H,49,56)(H,50,55)(H,58,59)/b24-23+. The summed E-state index contributed by atoms with van der Waals surface area (Å²) >= 11 is 0. The van der Waals surface area contributed by atoms with Crippen molar-refractivity contribution in [1.82, 2.24) is 5.32 Å². The number of anilines is 4. The van der Waals surface area contributed by atoms with E-state index in [1.807, 2.05) is 36.4 Å². The molecule has 5 rings (SSSR count). The van der Waals surface area contributed by atoms with Crippen molar-refractivity contribution in [3.05, 3.63) is 137 Å². The summed E-state index contributed by atoms with van der Waals surface area (Å²) in [6, 6.07) is 26.3. The van der Waals surface area contributed by atoms with Gasteiger partial charge in [-0.2, -0.15) is 5.26 Å². The van der Waals surface area contributed by atoms with Crippen LogP contribution in [0.4, 0.5) is 22.7 Å². The number of rotatable bonds is 15. The molecule has 0 heterocycles. The number of ether oxygens (including phenoxy) is 2. The minimum atomic E-state index is -1.42. The Bertz CT molecular complexity index is 2570. The lowest BCUT2D eigenvalue weighted by Crippen LogP contribution is -2.43. The first-order valence-electron chi connectivity index (χ1n) is 18.1. The molecule has 0 saturated heterocycles. The average Bonchev–Trinajstić information content (AvgIpc) is 3.24. The average molecular weight is 827 g/mol. The van der Waals surface area contributed by atoms with Crippen LogP contribution in [0.1, 0.15) is 60.3 Å². The Hall–Kier alpha value is -8.65. The highest BCUT2D eigenvalue weighted by molar-refractivity contribution is 6.11. The number of carbonyl (C=O) groups excluding carboxylic acids is 5. The number of carboxylic acids is 1. The molecule has 310 valence electrons. The Labute approximate surface area is 348 Å². The van der Waals surface area contributed by atoms with Crippen molar-refractivity contribution in [2.24, 2.45) is 0 Å². The fraction of sp³-hybridized carbons (Fsp3) is 0.114. The Kier molecular flexibility index (Phi) is 14.0. The highest BCUT2D eigenvalue weighted by Gasteiger charge is 2.25. The van der Waals surface area contributed by atoms with Crippen LogP contribution in [0.3, 0.4) is 0 Å². The van der Waals surface area contributed by atoms with Gasteiger partial charge in [-0.1, -0.05) is 30.3 Å². The smallest absolute Gasteiger partial charge is 0.339 e.